The summed E-state index contributed by atoms with van der Waals surface area (Å²) in [5.74, 6) is 1.82. The van der Waals surface area contributed by atoms with E-state index in [4.69, 9.17) is 4.98 Å². The van der Waals surface area contributed by atoms with Gasteiger partial charge in [-0.1, -0.05) is 6.92 Å². The Morgan fingerprint density at radius 3 is 3.03 bits per heavy atom. The summed E-state index contributed by atoms with van der Waals surface area (Å²) in [6.45, 7) is 2.95. The maximum atomic E-state index is 12.9. The summed E-state index contributed by atoms with van der Waals surface area (Å²) in [6.07, 6.45) is 6.30. The molecule has 0 radical (unpaired) electrons. The van der Waals surface area contributed by atoms with Gasteiger partial charge in [0.2, 0.25) is 5.91 Å². The average molecular weight is 460 g/mol. The van der Waals surface area contributed by atoms with Gasteiger partial charge in [-0.3, -0.25) is 9.59 Å². The lowest BCUT2D eigenvalue weighted by Crippen LogP contribution is -2.40. The van der Waals surface area contributed by atoms with Crippen LogP contribution in [0.2, 0.25) is 0 Å². The van der Waals surface area contributed by atoms with Crippen LogP contribution in [-0.2, 0) is 29.8 Å². The molecule has 0 saturated carbocycles. The number of aromatic nitrogens is 2. The first kappa shape index (κ1) is 20.3. The summed E-state index contributed by atoms with van der Waals surface area (Å²) in [6, 6.07) is 2.37. The zero-order valence-electron chi connectivity index (χ0n) is 17.0. The number of carbonyl (C=O) groups excluding carboxylic acids is 1. The molecule has 0 bridgehead atoms. The average Bonchev–Trinajstić information content (AvgIpc) is 3.37. The Labute approximate surface area is 187 Å². The Morgan fingerprint density at radius 2 is 2.17 bits per heavy atom. The summed E-state index contributed by atoms with van der Waals surface area (Å²) in [5, 5.41) is 2.93. The molecule has 1 atom stereocenters. The first-order valence-electron chi connectivity index (χ1n) is 10.6. The van der Waals surface area contributed by atoms with Gasteiger partial charge in [-0.25, -0.2) is 4.98 Å². The number of hydrogen-bond donors (Lipinski definition) is 1. The van der Waals surface area contributed by atoms with Crippen molar-refractivity contribution in [3.63, 3.8) is 0 Å². The van der Waals surface area contributed by atoms with E-state index < -0.39 is 0 Å². The van der Waals surface area contributed by atoms with Gasteiger partial charge in [-0.15, -0.1) is 34.4 Å². The summed E-state index contributed by atoms with van der Waals surface area (Å²) in [7, 11) is 0. The standard InChI is InChI=1S/C22H25N3O2S3/c1-2-15-13-8-10-29-16(13)7-9-25(15)19(26)12-28-11-18-23-21(27)20-14-5-3-4-6-17(14)30-22(20)24-18/h8,10,15H,2-7,9,11-12H2,1H3,(H,23,24,27). The third-order valence-electron chi connectivity index (χ3n) is 6.14. The second kappa shape index (κ2) is 8.48. The number of aryl methyl sites for hydroxylation is 2. The second-order valence-corrected chi connectivity index (χ2v) is 11.0. The number of nitrogens with zero attached hydrogens (tertiary/aromatic N) is 2. The van der Waals surface area contributed by atoms with E-state index in [1.807, 2.05) is 4.90 Å². The lowest BCUT2D eigenvalue weighted by molar-refractivity contribution is -0.131. The van der Waals surface area contributed by atoms with Crippen molar-refractivity contribution >= 4 is 50.6 Å². The van der Waals surface area contributed by atoms with Gasteiger partial charge in [-0.05, 0) is 61.1 Å². The Bertz CT molecular complexity index is 1150. The van der Waals surface area contributed by atoms with Gasteiger partial charge in [0, 0.05) is 16.3 Å². The highest BCUT2D eigenvalue weighted by Crippen LogP contribution is 2.36. The number of carbonyl (C=O) groups is 1. The van der Waals surface area contributed by atoms with Crippen LogP contribution in [0.3, 0.4) is 0 Å². The molecular formula is C22H25N3O2S3. The molecule has 3 aromatic rings. The summed E-state index contributed by atoms with van der Waals surface area (Å²) < 4.78 is 0. The van der Waals surface area contributed by atoms with Crippen molar-refractivity contribution in [1.82, 2.24) is 14.9 Å². The lowest BCUT2D eigenvalue weighted by Gasteiger charge is -2.35. The van der Waals surface area contributed by atoms with Gasteiger partial charge >= 0.3 is 0 Å². The Kier molecular flexibility index (Phi) is 5.73. The number of fused-ring (bicyclic) bond motifs is 4. The molecule has 30 heavy (non-hydrogen) atoms. The Morgan fingerprint density at radius 1 is 1.30 bits per heavy atom. The Hall–Kier alpha value is -1.64. The maximum Gasteiger partial charge on any atom is 0.259 e. The van der Waals surface area contributed by atoms with Crippen molar-refractivity contribution in [2.75, 3.05) is 12.3 Å². The molecule has 2 aliphatic rings. The molecule has 1 aliphatic heterocycles. The number of rotatable bonds is 5. The molecule has 0 saturated heterocycles. The number of aromatic amines is 1. The van der Waals surface area contributed by atoms with Crippen LogP contribution < -0.4 is 5.56 Å². The monoisotopic (exact) mass is 459 g/mol. The van der Waals surface area contributed by atoms with Crippen molar-refractivity contribution < 1.29 is 4.79 Å². The van der Waals surface area contributed by atoms with E-state index in [2.05, 4.69) is 23.4 Å². The molecule has 1 amide bonds. The molecule has 1 unspecified atom stereocenters. The van der Waals surface area contributed by atoms with E-state index in [9.17, 15) is 9.59 Å². The predicted molar refractivity (Wildman–Crippen MR) is 126 cm³/mol. The van der Waals surface area contributed by atoms with Crippen LogP contribution in [0, 0.1) is 0 Å². The molecule has 1 N–H and O–H groups in total. The normalized spacial score (nSPS) is 18.4. The quantitative estimate of drug-likeness (QED) is 0.601. The number of H-pyrrole nitrogens is 1. The van der Waals surface area contributed by atoms with Crippen molar-refractivity contribution in [3.05, 3.63) is 48.5 Å². The van der Waals surface area contributed by atoms with Gasteiger partial charge in [0.1, 0.15) is 10.7 Å². The van der Waals surface area contributed by atoms with Crippen LogP contribution in [0.4, 0.5) is 0 Å². The summed E-state index contributed by atoms with van der Waals surface area (Å²) >= 11 is 5.01. The zero-order valence-corrected chi connectivity index (χ0v) is 19.5. The van der Waals surface area contributed by atoms with Crippen molar-refractivity contribution in [3.8, 4) is 0 Å². The molecule has 5 rings (SSSR count). The van der Waals surface area contributed by atoms with E-state index in [1.54, 1.807) is 22.7 Å². The van der Waals surface area contributed by atoms with E-state index in [-0.39, 0.29) is 17.5 Å². The van der Waals surface area contributed by atoms with Gasteiger partial charge in [0.05, 0.1) is 22.9 Å². The minimum atomic E-state index is -0.0200. The molecule has 0 aromatic carbocycles. The first-order valence-corrected chi connectivity index (χ1v) is 13.5. The fraction of sp³-hybridized carbons (Fsp3) is 0.500. The summed E-state index contributed by atoms with van der Waals surface area (Å²) in [5.41, 5.74) is 2.52. The van der Waals surface area contributed by atoms with E-state index in [1.165, 1.54) is 39.1 Å². The molecule has 3 aromatic heterocycles. The SMILES string of the molecule is CCC1c2ccsc2CCN1C(=O)CSCc1nc2sc3c(c2c(=O)[nH]1)CCCC3. The van der Waals surface area contributed by atoms with Gasteiger partial charge in [0.15, 0.2) is 0 Å². The number of hydrogen-bond acceptors (Lipinski definition) is 6. The molecule has 4 heterocycles. The number of thioether (sulfide) groups is 1. The second-order valence-electron chi connectivity index (χ2n) is 7.96. The lowest BCUT2D eigenvalue weighted by atomic mass is 9.97. The first-order chi connectivity index (χ1) is 14.7. The van der Waals surface area contributed by atoms with Crippen LogP contribution in [0.5, 0.6) is 0 Å². The van der Waals surface area contributed by atoms with Crippen molar-refractivity contribution in [2.45, 2.75) is 57.2 Å². The molecule has 158 valence electrons. The minimum absolute atomic E-state index is 0.0200. The van der Waals surface area contributed by atoms with Gasteiger partial charge < -0.3 is 9.88 Å². The highest BCUT2D eigenvalue weighted by Gasteiger charge is 2.30. The van der Waals surface area contributed by atoms with E-state index >= 15 is 0 Å². The van der Waals surface area contributed by atoms with E-state index in [0.717, 1.165) is 48.9 Å². The molecule has 5 nitrogen and oxygen atoms in total. The highest BCUT2D eigenvalue weighted by atomic mass is 32.2. The van der Waals surface area contributed by atoms with Gasteiger partial charge in [0.25, 0.3) is 5.56 Å². The maximum absolute atomic E-state index is 12.9. The highest BCUT2D eigenvalue weighted by molar-refractivity contribution is 7.99. The van der Waals surface area contributed by atoms with Crippen LogP contribution >= 0.6 is 34.4 Å². The van der Waals surface area contributed by atoms with Crippen LogP contribution in [-0.4, -0.2) is 33.1 Å². The van der Waals surface area contributed by atoms with Crippen molar-refractivity contribution in [1.29, 1.82) is 0 Å². The van der Waals surface area contributed by atoms with Crippen molar-refractivity contribution in [2.24, 2.45) is 0 Å². The molecule has 8 heteroatoms. The molecule has 0 spiro atoms. The van der Waals surface area contributed by atoms with Crippen LogP contribution in [0.1, 0.15) is 58.9 Å². The molecule has 1 aliphatic carbocycles. The largest absolute Gasteiger partial charge is 0.335 e. The fourth-order valence-corrected chi connectivity index (χ4v) is 7.71. The molecule has 0 fully saturated rings. The predicted octanol–water partition coefficient (Wildman–Crippen LogP) is 4.69. The summed E-state index contributed by atoms with van der Waals surface area (Å²) in [4.78, 5) is 38.9. The van der Waals surface area contributed by atoms with E-state index in [0.29, 0.717) is 17.3 Å². The topological polar surface area (TPSA) is 66.1 Å². The van der Waals surface area contributed by atoms with Crippen LogP contribution in [0.25, 0.3) is 10.2 Å². The number of thiophene rings is 2. The van der Waals surface area contributed by atoms with Crippen LogP contribution in [0.15, 0.2) is 16.2 Å². The number of nitrogens with one attached hydrogen (secondary N) is 1. The van der Waals surface area contributed by atoms with Gasteiger partial charge in [-0.2, -0.15) is 0 Å². The smallest absolute Gasteiger partial charge is 0.259 e. The zero-order chi connectivity index (χ0) is 20.7. The Balaban J connectivity index is 1.26. The third-order valence-corrected chi connectivity index (χ3v) is 9.25. The molecular weight excluding hydrogens is 434 g/mol. The fourth-order valence-electron chi connectivity index (χ4n) is 4.73. The third kappa shape index (κ3) is 3.63. The number of amides is 1. The minimum Gasteiger partial charge on any atom is -0.335 e.